The Morgan fingerprint density at radius 1 is 1.40 bits per heavy atom. The molecule has 3 heteroatoms. The van der Waals surface area contributed by atoms with Crippen LogP contribution in [0.1, 0.15) is 46.0 Å². The maximum Gasteiger partial charge on any atom is 0.0958 e. The SMILES string of the molecule is CCCOC1CCCN(C(=N)CCC)C1. The molecule has 1 N–H and O–H groups in total. The van der Waals surface area contributed by atoms with Crippen LogP contribution in [0.5, 0.6) is 0 Å². The van der Waals surface area contributed by atoms with E-state index in [2.05, 4.69) is 18.7 Å². The topological polar surface area (TPSA) is 36.3 Å². The van der Waals surface area contributed by atoms with Gasteiger partial charge in [-0.1, -0.05) is 13.8 Å². The lowest BCUT2D eigenvalue weighted by Gasteiger charge is -2.34. The van der Waals surface area contributed by atoms with E-state index in [-0.39, 0.29) is 0 Å². The van der Waals surface area contributed by atoms with Crippen LogP contribution >= 0.6 is 0 Å². The van der Waals surface area contributed by atoms with E-state index in [0.717, 1.165) is 51.2 Å². The number of hydrogen-bond acceptors (Lipinski definition) is 2. The fourth-order valence-corrected chi connectivity index (χ4v) is 2.00. The normalized spacial score (nSPS) is 21.7. The molecule has 1 rings (SSSR count). The Hall–Kier alpha value is -0.570. The molecule has 0 amide bonds. The van der Waals surface area contributed by atoms with Gasteiger partial charge in [0, 0.05) is 26.1 Å². The molecule has 1 heterocycles. The highest BCUT2D eigenvalue weighted by molar-refractivity contribution is 5.79. The fourth-order valence-electron chi connectivity index (χ4n) is 2.00. The van der Waals surface area contributed by atoms with E-state index in [0.29, 0.717) is 6.10 Å². The standard InChI is InChI=1S/C12H24N2O/c1-3-6-12(13)14-8-5-7-11(10-14)15-9-4-2/h11,13H,3-10H2,1-2H3. The molecule has 0 aromatic rings. The monoisotopic (exact) mass is 212 g/mol. The molecule has 0 aromatic carbocycles. The molecule has 0 saturated carbocycles. The highest BCUT2D eigenvalue weighted by Gasteiger charge is 2.21. The van der Waals surface area contributed by atoms with Crippen molar-refractivity contribution < 1.29 is 4.74 Å². The van der Waals surface area contributed by atoms with Crippen molar-refractivity contribution in [3.8, 4) is 0 Å². The molecule has 1 saturated heterocycles. The van der Waals surface area contributed by atoms with Crippen LogP contribution in [0, 0.1) is 5.41 Å². The van der Waals surface area contributed by atoms with Gasteiger partial charge in [0.15, 0.2) is 0 Å². The zero-order chi connectivity index (χ0) is 11.1. The number of nitrogens with zero attached hydrogens (tertiary/aromatic N) is 1. The summed E-state index contributed by atoms with van der Waals surface area (Å²) in [4.78, 5) is 2.19. The third kappa shape index (κ3) is 4.20. The molecule has 3 nitrogen and oxygen atoms in total. The van der Waals surface area contributed by atoms with E-state index in [4.69, 9.17) is 10.1 Å². The summed E-state index contributed by atoms with van der Waals surface area (Å²) in [7, 11) is 0. The lowest BCUT2D eigenvalue weighted by atomic mass is 10.1. The first-order valence-electron chi connectivity index (χ1n) is 6.21. The van der Waals surface area contributed by atoms with Gasteiger partial charge in [0.1, 0.15) is 0 Å². The summed E-state index contributed by atoms with van der Waals surface area (Å²) < 4.78 is 5.75. The van der Waals surface area contributed by atoms with E-state index in [1.165, 1.54) is 6.42 Å². The number of piperidine rings is 1. The van der Waals surface area contributed by atoms with Gasteiger partial charge in [-0.3, -0.25) is 5.41 Å². The van der Waals surface area contributed by atoms with Gasteiger partial charge in [-0.2, -0.15) is 0 Å². The first kappa shape index (κ1) is 12.5. The van der Waals surface area contributed by atoms with Crippen LogP contribution in [0.3, 0.4) is 0 Å². The molecular formula is C12H24N2O. The molecule has 1 aliphatic rings. The molecule has 15 heavy (non-hydrogen) atoms. The molecule has 0 bridgehead atoms. The van der Waals surface area contributed by atoms with Crippen molar-refractivity contribution in [2.75, 3.05) is 19.7 Å². The fraction of sp³-hybridized carbons (Fsp3) is 0.917. The molecule has 0 aliphatic carbocycles. The van der Waals surface area contributed by atoms with Gasteiger partial charge in [-0.05, 0) is 25.7 Å². The molecule has 1 aliphatic heterocycles. The maximum absolute atomic E-state index is 7.92. The Morgan fingerprint density at radius 3 is 2.87 bits per heavy atom. The summed E-state index contributed by atoms with van der Waals surface area (Å²) >= 11 is 0. The molecule has 0 radical (unpaired) electrons. The number of amidine groups is 1. The summed E-state index contributed by atoms with van der Waals surface area (Å²) in [5.41, 5.74) is 0. The van der Waals surface area contributed by atoms with E-state index in [1.54, 1.807) is 0 Å². The predicted molar refractivity (Wildman–Crippen MR) is 63.5 cm³/mol. The van der Waals surface area contributed by atoms with Crippen molar-refractivity contribution >= 4 is 5.84 Å². The predicted octanol–water partition coefficient (Wildman–Crippen LogP) is 2.65. The van der Waals surface area contributed by atoms with Gasteiger partial charge in [0.25, 0.3) is 0 Å². The van der Waals surface area contributed by atoms with E-state index in [1.807, 2.05) is 0 Å². The van der Waals surface area contributed by atoms with Crippen molar-refractivity contribution in [2.24, 2.45) is 0 Å². The van der Waals surface area contributed by atoms with Crippen LogP contribution in [0.4, 0.5) is 0 Å². The van der Waals surface area contributed by atoms with Gasteiger partial charge < -0.3 is 9.64 Å². The molecule has 88 valence electrons. The highest BCUT2D eigenvalue weighted by atomic mass is 16.5. The van der Waals surface area contributed by atoms with Crippen molar-refractivity contribution in [3.05, 3.63) is 0 Å². The van der Waals surface area contributed by atoms with Crippen molar-refractivity contribution in [1.29, 1.82) is 5.41 Å². The Labute approximate surface area is 93.3 Å². The third-order valence-electron chi connectivity index (χ3n) is 2.80. The number of likely N-dealkylation sites (tertiary alicyclic amines) is 1. The number of nitrogens with one attached hydrogen (secondary N) is 1. The Kier molecular flexibility index (Phi) is 5.69. The maximum atomic E-state index is 7.92. The van der Waals surface area contributed by atoms with Crippen LogP contribution < -0.4 is 0 Å². The van der Waals surface area contributed by atoms with E-state index < -0.39 is 0 Å². The molecule has 1 atom stereocenters. The van der Waals surface area contributed by atoms with Gasteiger partial charge in [-0.25, -0.2) is 0 Å². The second-order valence-electron chi connectivity index (χ2n) is 4.28. The summed E-state index contributed by atoms with van der Waals surface area (Å²) in [6.45, 7) is 7.10. The van der Waals surface area contributed by atoms with E-state index >= 15 is 0 Å². The molecule has 1 fully saturated rings. The Bertz CT molecular complexity index is 194. The van der Waals surface area contributed by atoms with Crippen LogP contribution in [-0.4, -0.2) is 36.5 Å². The van der Waals surface area contributed by atoms with Crippen LogP contribution in [0.25, 0.3) is 0 Å². The largest absolute Gasteiger partial charge is 0.376 e. The van der Waals surface area contributed by atoms with Crippen molar-refractivity contribution in [1.82, 2.24) is 4.90 Å². The van der Waals surface area contributed by atoms with Gasteiger partial charge in [-0.15, -0.1) is 0 Å². The lowest BCUT2D eigenvalue weighted by molar-refractivity contribution is 0.0159. The van der Waals surface area contributed by atoms with E-state index in [9.17, 15) is 0 Å². The quantitative estimate of drug-likeness (QED) is 0.562. The van der Waals surface area contributed by atoms with Gasteiger partial charge >= 0.3 is 0 Å². The molecule has 0 aromatic heterocycles. The van der Waals surface area contributed by atoms with Gasteiger partial charge in [0.05, 0.1) is 11.9 Å². The molecule has 0 spiro atoms. The summed E-state index contributed by atoms with van der Waals surface area (Å²) in [6.07, 6.45) is 5.74. The smallest absolute Gasteiger partial charge is 0.0958 e. The molecule has 1 unspecified atom stereocenters. The average Bonchev–Trinajstić information content (AvgIpc) is 2.27. The average molecular weight is 212 g/mol. The first-order valence-corrected chi connectivity index (χ1v) is 6.21. The number of ether oxygens (including phenoxy) is 1. The summed E-state index contributed by atoms with van der Waals surface area (Å²) in [5, 5.41) is 7.92. The summed E-state index contributed by atoms with van der Waals surface area (Å²) in [6, 6.07) is 0. The summed E-state index contributed by atoms with van der Waals surface area (Å²) in [5.74, 6) is 0.794. The third-order valence-corrected chi connectivity index (χ3v) is 2.80. The minimum absolute atomic E-state index is 0.357. The zero-order valence-electron chi connectivity index (χ0n) is 10.1. The Balaban J connectivity index is 2.31. The second-order valence-corrected chi connectivity index (χ2v) is 4.28. The van der Waals surface area contributed by atoms with Crippen molar-refractivity contribution in [2.45, 2.75) is 52.1 Å². The minimum atomic E-state index is 0.357. The number of rotatable bonds is 5. The second kappa shape index (κ2) is 6.83. The van der Waals surface area contributed by atoms with Crippen LogP contribution in [0.15, 0.2) is 0 Å². The lowest BCUT2D eigenvalue weighted by Crippen LogP contribution is -2.42. The minimum Gasteiger partial charge on any atom is -0.376 e. The zero-order valence-corrected chi connectivity index (χ0v) is 10.1. The Morgan fingerprint density at radius 2 is 2.20 bits per heavy atom. The molecular weight excluding hydrogens is 188 g/mol. The van der Waals surface area contributed by atoms with Crippen molar-refractivity contribution in [3.63, 3.8) is 0 Å². The van der Waals surface area contributed by atoms with Gasteiger partial charge in [0.2, 0.25) is 0 Å². The van der Waals surface area contributed by atoms with Crippen LogP contribution in [-0.2, 0) is 4.74 Å². The van der Waals surface area contributed by atoms with Crippen LogP contribution in [0.2, 0.25) is 0 Å². The highest BCUT2D eigenvalue weighted by Crippen LogP contribution is 2.14. The number of hydrogen-bond donors (Lipinski definition) is 1. The first-order chi connectivity index (χ1) is 7.27.